The van der Waals surface area contributed by atoms with Crippen LogP contribution in [0.3, 0.4) is 0 Å². The second-order valence-corrected chi connectivity index (χ2v) is 8.41. The van der Waals surface area contributed by atoms with E-state index in [1.807, 2.05) is 97.1 Å². The topological polar surface area (TPSA) is 76.5 Å². The minimum absolute atomic E-state index is 0.172. The predicted octanol–water partition coefficient (Wildman–Crippen LogP) is 5.28. The lowest BCUT2D eigenvalue weighted by Crippen LogP contribution is -2.43. The third kappa shape index (κ3) is 5.09. The highest BCUT2D eigenvalue weighted by Gasteiger charge is 2.35. The molecule has 1 aromatic heterocycles. The Morgan fingerprint density at radius 2 is 1.57 bits per heavy atom. The minimum atomic E-state index is -0.599. The average molecular weight is 467 g/mol. The lowest BCUT2D eigenvalue weighted by Gasteiger charge is -2.23. The molecule has 7 heteroatoms. The summed E-state index contributed by atoms with van der Waals surface area (Å²) < 4.78 is 7.20. The quantitative estimate of drug-likeness (QED) is 0.420. The van der Waals surface area contributed by atoms with E-state index in [1.54, 1.807) is 4.68 Å². The number of para-hydroxylation sites is 1. The molecule has 3 aromatic carbocycles. The summed E-state index contributed by atoms with van der Waals surface area (Å²) in [5, 5.41) is 7.76. The summed E-state index contributed by atoms with van der Waals surface area (Å²) in [6.07, 6.45) is 0.844. The second kappa shape index (κ2) is 10.3. The molecule has 0 bridgehead atoms. The lowest BCUT2D eigenvalue weighted by atomic mass is 10.1. The van der Waals surface area contributed by atoms with Crippen molar-refractivity contribution in [1.29, 1.82) is 0 Å². The van der Waals surface area contributed by atoms with Gasteiger partial charge < -0.3 is 10.1 Å². The molecule has 0 radical (unpaired) electrons. The maximum absolute atomic E-state index is 13.3. The highest BCUT2D eigenvalue weighted by atomic mass is 16.6. The SMILES string of the molecule is O=C(Nc1cc(-c2ccccc2)nn1-c1ccccc1)[C@@H]1CCCN1C(=O)OCc1ccccc1. The molecule has 7 nitrogen and oxygen atoms in total. The summed E-state index contributed by atoms with van der Waals surface area (Å²) in [6, 6.07) is 30.2. The van der Waals surface area contributed by atoms with Gasteiger partial charge in [0.15, 0.2) is 0 Å². The zero-order chi connectivity index (χ0) is 24.0. The first-order valence-electron chi connectivity index (χ1n) is 11.7. The van der Waals surface area contributed by atoms with Crippen LogP contribution in [0.25, 0.3) is 16.9 Å². The second-order valence-electron chi connectivity index (χ2n) is 8.41. The van der Waals surface area contributed by atoms with Gasteiger partial charge in [0, 0.05) is 18.2 Å². The van der Waals surface area contributed by atoms with Crippen molar-refractivity contribution in [3.8, 4) is 16.9 Å². The summed E-state index contributed by atoms with van der Waals surface area (Å²) in [5.74, 6) is 0.292. The van der Waals surface area contributed by atoms with E-state index in [0.29, 0.717) is 18.8 Å². The Morgan fingerprint density at radius 3 is 2.29 bits per heavy atom. The van der Waals surface area contributed by atoms with Crippen molar-refractivity contribution < 1.29 is 14.3 Å². The fraction of sp³-hybridized carbons (Fsp3) is 0.179. The van der Waals surface area contributed by atoms with Crippen LogP contribution in [-0.2, 0) is 16.1 Å². The molecule has 2 amide bonds. The number of amides is 2. The van der Waals surface area contributed by atoms with Crippen molar-refractivity contribution in [2.45, 2.75) is 25.5 Å². The Hall–Kier alpha value is -4.39. The highest BCUT2D eigenvalue weighted by molar-refractivity contribution is 5.97. The van der Waals surface area contributed by atoms with Crippen LogP contribution in [0, 0.1) is 0 Å². The molecule has 5 rings (SSSR count). The third-order valence-corrected chi connectivity index (χ3v) is 6.03. The van der Waals surface area contributed by atoms with E-state index >= 15 is 0 Å². The normalized spacial score (nSPS) is 15.1. The van der Waals surface area contributed by atoms with Gasteiger partial charge >= 0.3 is 6.09 Å². The number of benzene rings is 3. The van der Waals surface area contributed by atoms with Gasteiger partial charge in [-0.25, -0.2) is 9.48 Å². The summed E-state index contributed by atoms with van der Waals surface area (Å²) in [7, 11) is 0. The number of likely N-dealkylation sites (tertiary alicyclic amines) is 1. The van der Waals surface area contributed by atoms with Gasteiger partial charge in [-0.3, -0.25) is 9.69 Å². The molecule has 1 saturated heterocycles. The van der Waals surface area contributed by atoms with Crippen molar-refractivity contribution in [3.05, 3.63) is 103 Å². The fourth-order valence-corrected chi connectivity index (χ4v) is 4.26. The lowest BCUT2D eigenvalue weighted by molar-refractivity contribution is -0.120. The van der Waals surface area contributed by atoms with Gasteiger partial charge in [-0.05, 0) is 30.5 Å². The number of carbonyl (C=O) groups is 2. The number of hydrogen-bond acceptors (Lipinski definition) is 4. The van der Waals surface area contributed by atoms with Crippen LogP contribution < -0.4 is 5.32 Å². The zero-order valence-corrected chi connectivity index (χ0v) is 19.2. The number of anilines is 1. The van der Waals surface area contributed by atoms with E-state index in [9.17, 15) is 9.59 Å². The Labute approximate surface area is 204 Å². The molecule has 0 unspecified atom stereocenters. The van der Waals surface area contributed by atoms with E-state index in [2.05, 4.69) is 5.32 Å². The van der Waals surface area contributed by atoms with Gasteiger partial charge in [0.1, 0.15) is 18.5 Å². The van der Waals surface area contributed by atoms with Crippen molar-refractivity contribution in [2.75, 3.05) is 11.9 Å². The maximum Gasteiger partial charge on any atom is 0.410 e. The Bertz CT molecular complexity index is 1290. The predicted molar refractivity (Wildman–Crippen MR) is 134 cm³/mol. The molecule has 1 atom stereocenters. The van der Waals surface area contributed by atoms with Gasteiger partial charge in [0.05, 0.1) is 11.4 Å². The first-order valence-corrected chi connectivity index (χ1v) is 11.7. The average Bonchev–Trinajstić information content (AvgIpc) is 3.57. The number of ether oxygens (including phenoxy) is 1. The van der Waals surface area contributed by atoms with E-state index in [1.165, 1.54) is 4.90 Å². The molecule has 0 saturated carbocycles. The number of aromatic nitrogens is 2. The first kappa shape index (κ1) is 22.4. The molecule has 1 N–H and O–H groups in total. The van der Waals surface area contributed by atoms with Crippen molar-refractivity contribution in [2.24, 2.45) is 0 Å². The highest BCUT2D eigenvalue weighted by Crippen LogP contribution is 2.26. The molecule has 0 spiro atoms. The van der Waals surface area contributed by atoms with E-state index in [0.717, 1.165) is 28.9 Å². The summed E-state index contributed by atoms with van der Waals surface area (Å²) in [6.45, 7) is 0.657. The largest absolute Gasteiger partial charge is 0.445 e. The Balaban J connectivity index is 1.34. The van der Waals surface area contributed by atoms with Crippen molar-refractivity contribution >= 4 is 17.8 Å². The summed E-state index contributed by atoms with van der Waals surface area (Å²) in [5.41, 5.74) is 3.43. The van der Waals surface area contributed by atoms with Crippen LogP contribution in [0.15, 0.2) is 97.1 Å². The molecular formula is C28H26N4O3. The van der Waals surface area contributed by atoms with Gasteiger partial charge in [0.25, 0.3) is 0 Å². The van der Waals surface area contributed by atoms with Crippen molar-refractivity contribution in [3.63, 3.8) is 0 Å². The molecule has 1 aliphatic rings. The summed E-state index contributed by atoms with van der Waals surface area (Å²) >= 11 is 0. The summed E-state index contributed by atoms with van der Waals surface area (Å²) in [4.78, 5) is 27.6. The van der Waals surface area contributed by atoms with Gasteiger partial charge in [-0.15, -0.1) is 0 Å². The van der Waals surface area contributed by atoms with Crippen LogP contribution in [0.1, 0.15) is 18.4 Å². The molecule has 2 heterocycles. The van der Waals surface area contributed by atoms with Crippen LogP contribution in [-0.4, -0.2) is 39.3 Å². The molecule has 176 valence electrons. The van der Waals surface area contributed by atoms with Crippen LogP contribution in [0.4, 0.5) is 10.6 Å². The van der Waals surface area contributed by atoms with Gasteiger partial charge in [-0.2, -0.15) is 5.10 Å². The van der Waals surface area contributed by atoms with E-state index in [-0.39, 0.29) is 12.5 Å². The molecule has 4 aromatic rings. The number of rotatable bonds is 6. The molecule has 1 aliphatic heterocycles. The monoisotopic (exact) mass is 466 g/mol. The Kier molecular flexibility index (Phi) is 6.57. The standard InChI is InChI=1S/C28H26N4O3/c33-27(25-17-10-18-31(25)28(34)35-20-21-11-4-1-5-12-21)29-26-19-24(22-13-6-2-7-14-22)30-32(26)23-15-8-3-9-16-23/h1-9,11-16,19,25H,10,17-18,20H2,(H,29,33)/t25-/m0/s1. The van der Waals surface area contributed by atoms with E-state index in [4.69, 9.17) is 9.84 Å². The smallest absolute Gasteiger partial charge is 0.410 e. The zero-order valence-electron chi connectivity index (χ0n) is 19.2. The Morgan fingerprint density at radius 1 is 0.914 bits per heavy atom. The van der Waals surface area contributed by atoms with E-state index < -0.39 is 12.1 Å². The van der Waals surface area contributed by atoms with Crippen molar-refractivity contribution in [1.82, 2.24) is 14.7 Å². The molecular weight excluding hydrogens is 440 g/mol. The first-order chi connectivity index (χ1) is 17.2. The van der Waals surface area contributed by atoms with Crippen LogP contribution in [0.2, 0.25) is 0 Å². The van der Waals surface area contributed by atoms with Crippen LogP contribution in [0.5, 0.6) is 0 Å². The molecule has 35 heavy (non-hydrogen) atoms. The van der Waals surface area contributed by atoms with Crippen LogP contribution >= 0.6 is 0 Å². The van der Waals surface area contributed by atoms with Gasteiger partial charge in [-0.1, -0.05) is 78.9 Å². The number of nitrogens with zero attached hydrogens (tertiary/aromatic N) is 3. The number of carbonyl (C=O) groups excluding carboxylic acids is 2. The fourth-order valence-electron chi connectivity index (χ4n) is 4.26. The molecule has 0 aliphatic carbocycles. The maximum atomic E-state index is 13.3. The number of nitrogens with one attached hydrogen (secondary N) is 1. The minimum Gasteiger partial charge on any atom is -0.445 e. The number of hydrogen-bond donors (Lipinski definition) is 1. The third-order valence-electron chi connectivity index (χ3n) is 6.03. The van der Waals surface area contributed by atoms with Gasteiger partial charge in [0.2, 0.25) is 5.91 Å². The molecule has 1 fully saturated rings.